The highest BCUT2D eigenvalue weighted by molar-refractivity contribution is 8.00. The van der Waals surface area contributed by atoms with E-state index in [-0.39, 0.29) is 17.4 Å². The van der Waals surface area contributed by atoms with E-state index in [1.807, 2.05) is 24.3 Å². The first kappa shape index (κ1) is 19.8. The van der Waals surface area contributed by atoms with Crippen LogP contribution in [0.3, 0.4) is 0 Å². The lowest BCUT2D eigenvalue weighted by molar-refractivity contribution is -0.124. The van der Waals surface area contributed by atoms with Crippen molar-refractivity contribution in [3.8, 4) is 0 Å². The maximum atomic E-state index is 12.8. The van der Waals surface area contributed by atoms with Gasteiger partial charge >= 0.3 is 0 Å². The summed E-state index contributed by atoms with van der Waals surface area (Å²) in [6.45, 7) is 2.80. The molecule has 5 rings (SSSR count). The first-order chi connectivity index (χ1) is 13.6. The lowest BCUT2D eigenvalue weighted by Crippen LogP contribution is -2.60. The van der Waals surface area contributed by atoms with Crippen molar-refractivity contribution in [2.45, 2.75) is 68.7 Å². The molecule has 4 saturated carbocycles. The highest BCUT2D eigenvalue weighted by Crippen LogP contribution is 2.55. The molecular formula is C23H32N2O2S. The molecule has 5 heteroatoms. The average molecular weight is 401 g/mol. The Labute approximate surface area is 172 Å². The molecule has 1 aromatic rings. The van der Waals surface area contributed by atoms with Gasteiger partial charge in [0.2, 0.25) is 5.91 Å². The highest BCUT2D eigenvalue weighted by Gasteiger charge is 2.51. The van der Waals surface area contributed by atoms with Crippen molar-refractivity contribution in [3.63, 3.8) is 0 Å². The summed E-state index contributed by atoms with van der Waals surface area (Å²) < 4.78 is 0. The zero-order valence-electron chi connectivity index (χ0n) is 16.8. The first-order valence-electron chi connectivity index (χ1n) is 10.9. The van der Waals surface area contributed by atoms with Gasteiger partial charge in [0.1, 0.15) is 0 Å². The lowest BCUT2D eigenvalue weighted by Gasteiger charge is -2.56. The molecule has 2 amide bonds. The monoisotopic (exact) mass is 400 g/mol. The van der Waals surface area contributed by atoms with E-state index in [1.54, 1.807) is 0 Å². The molecule has 0 radical (unpaired) electrons. The summed E-state index contributed by atoms with van der Waals surface area (Å²) >= 11 is 1.48. The van der Waals surface area contributed by atoms with Crippen LogP contribution in [0.2, 0.25) is 0 Å². The van der Waals surface area contributed by atoms with Crippen LogP contribution in [0.5, 0.6) is 0 Å². The fourth-order valence-electron chi connectivity index (χ4n) is 5.99. The van der Waals surface area contributed by atoms with Gasteiger partial charge in [-0.1, -0.05) is 25.5 Å². The Bertz CT molecular complexity index is 698. The van der Waals surface area contributed by atoms with Crippen LogP contribution >= 0.6 is 11.8 Å². The van der Waals surface area contributed by atoms with Gasteiger partial charge in [-0.05, 0) is 74.8 Å². The predicted octanol–water partition coefficient (Wildman–Crippen LogP) is 4.39. The topological polar surface area (TPSA) is 58.2 Å². The number of unbranched alkanes of at least 4 members (excludes halogenated alkanes) is 1. The molecule has 4 nitrogen and oxygen atoms in total. The molecule has 0 aromatic heterocycles. The summed E-state index contributed by atoms with van der Waals surface area (Å²) in [7, 11) is 0. The third-order valence-electron chi connectivity index (χ3n) is 6.75. The van der Waals surface area contributed by atoms with E-state index in [4.69, 9.17) is 0 Å². The normalized spacial score (nSPS) is 30.2. The number of amides is 2. The molecule has 0 heterocycles. The van der Waals surface area contributed by atoms with Gasteiger partial charge in [0, 0.05) is 17.0 Å². The van der Waals surface area contributed by atoms with Crippen molar-refractivity contribution in [2.75, 3.05) is 12.3 Å². The van der Waals surface area contributed by atoms with E-state index < -0.39 is 0 Å². The van der Waals surface area contributed by atoms with Crippen LogP contribution in [0.4, 0.5) is 0 Å². The van der Waals surface area contributed by atoms with E-state index in [0.717, 1.165) is 35.5 Å². The van der Waals surface area contributed by atoms with Crippen LogP contribution in [0, 0.1) is 17.8 Å². The maximum absolute atomic E-state index is 12.8. The molecule has 4 aliphatic rings. The SMILES string of the molecule is CCCCNC(=O)c1ccccc1SCC(=O)NC12CC3CC(CC(C3)C1)C2. The fraction of sp³-hybridized carbons (Fsp3) is 0.652. The number of nitrogens with one attached hydrogen (secondary N) is 2. The minimum absolute atomic E-state index is 0.0435. The van der Waals surface area contributed by atoms with Crippen molar-refractivity contribution in [1.29, 1.82) is 0 Å². The van der Waals surface area contributed by atoms with Gasteiger partial charge in [0.25, 0.3) is 5.91 Å². The molecule has 0 spiro atoms. The summed E-state index contributed by atoms with van der Waals surface area (Å²) in [6, 6.07) is 7.61. The molecule has 0 atom stereocenters. The van der Waals surface area contributed by atoms with Crippen molar-refractivity contribution in [3.05, 3.63) is 29.8 Å². The lowest BCUT2D eigenvalue weighted by atomic mass is 9.53. The number of hydrogen-bond donors (Lipinski definition) is 2. The molecule has 4 fully saturated rings. The molecular weight excluding hydrogens is 368 g/mol. The second-order valence-corrected chi connectivity index (χ2v) is 10.2. The number of carbonyl (C=O) groups excluding carboxylic acids is 2. The third kappa shape index (κ3) is 4.40. The van der Waals surface area contributed by atoms with E-state index in [2.05, 4.69) is 17.6 Å². The van der Waals surface area contributed by atoms with E-state index in [1.165, 1.54) is 50.3 Å². The number of hydrogen-bond acceptors (Lipinski definition) is 3. The number of benzene rings is 1. The van der Waals surface area contributed by atoms with Gasteiger partial charge in [-0.25, -0.2) is 0 Å². The van der Waals surface area contributed by atoms with Gasteiger partial charge in [0.15, 0.2) is 0 Å². The quantitative estimate of drug-likeness (QED) is 0.502. The van der Waals surface area contributed by atoms with Gasteiger partial charge in [-0.15, -0.1) is 11.8 Å². The van der Waals surface area contributed by atoms with Crippen molar-refractivity contribution >= 4 is 23.6 Å². The molecule has 0 unspecified atom stereocenters. The molecule has 28 heavy (non-hydrogen) atoms. The van der Waals surface area contributed by atoms with E-state index in [0.29, 0.717) is 17.9 Å². The molecule has 4 aliphatic carbocycles. The van der Waals surface area contributed by atoms with Crippen LogP contribution in [0.15, 0.2) is 29.2 Å². The van der Waals surface area contributed by atoms with Crippen LogP contribution < -0.4 is 10.6 Å². The molecule has 1 aromatic carbocycles. The van der Waals surface area contributed by atoms with Gasteiger partial charge in [-0.3, -0.25) is 9.59 Å². The molecule has 152 valence electrons. The zero-order valence-corrected chi connectivity index (χ0v) is 17.7. The third-order valence-corrected chi connectivity index (χ3v) is 7.82. The van der Waals surface area contributed by atoms with Gasteiger partial charge in [-0.2, -0.15) is 0 Å². The Hall–Kier alpha value is -1.49. The Morgan fingerprint density at radius 3 is 2.36 bits per heavy atom. The zero-order chi connectivity index (χ0) is 19.6. The second-order valence-electron chi connectivity index (χ2n) is 9.14. The second kappa shape index (κ2) is 8.48. The van der Waals surface area contributed by atoms with Crippen LogP contribution in [-0.2, 0) is 4.79 Å². The van der Waals surface area contributed by atoms with E-state index >= 15 is 0 Å². The fourth-order valence-corrected chi connectivity index (χ4v) is 6.84. The number of rotatable bonds is 8. The summed E-state index contributed by atoms with van der Waals surface area (Å²) in [4.78, 5) is 26.1. The van der Waals surface area contributed by atoms with Crippen molar-refractivity contribution < 1.29 is 9.59 Å². The summed E-state index contributed by atoms with van der Waals surface area (Å²) in [5.41, 5.74) is 0.731. The first-order valence-corrected chi connectivity index (χ1v) is 11.9. The van der Waals surface area contributed by atoms with Gasteiger partial charge in [0.05, 0.1) is 11.3 Å². The van der Waals surface area contributed by atoms with Crippen molar-refractivity contribution in [1.82, 2.24) is 10.6 Å². The summed E-state index contributed by atoms with van der Waals surface area (Å²) in [5, 5.41) is 6.40. The number of thioether (sulfide) groups is 1. The minimum Gasteiger partial charge on any atom is -0.352 e. The molecule has 4 bridgehead atoms. The standard InChI is InChI=1S/C23H32N2O2S/c1-2-3-8-24-22(27)19-6-4-5-7-20(19)28-15-21(26)25-23-12-16-9-17(13-23)11-18(10-16)14-23/h4-7,16-18H,2-3,8-15H2,1H3,(H,24,27)(H,25,26). The maximum Gasteiger partial charge on any atom is 0.252 e. The summed E-state index contributed by atoms with van der Waals surface area (Å²) in [5.74, 6) is 2.93. The average Bonchev–Trinajstić information content (AvgIpc) is 2.65. The van der Waals surface area contributed by atoms with Gasteiger partial charge < -0.3 is 10.6 Å². The smallest absolute Gasteiger partial charge is 0.252 e. The van der Waals surface area contributed by atoms with Crippen LogP contribution in [-0.4, -0.2) is 29.7 Å². The van der Waals surface area contributed by atoms with Crippen LogP contribution in [0.1, 0.15) is 68.6 Å². The van der Waals surface area contributed by atoms with E-state index in [9.17, 15) is 9.59 Å². The molecule has 2 N–H and O–H groups in total. The Kier molecular flexibility index (Phi) is 6.00. The largest absolute Gasteiger partial charge is 0.352 e. The molecule has 0 aliphatic heterocycles. The molecule has 0 saturated heterocycles. The number of carbonyl (C=O) groups is 2. The predicted molar refractivity (Wildman–Crippen MR) is 113 cm³/mol. The Balaban J connectivity index is 1.33. The highest BCUT2D eigenvalue weighted by atomic mass is 32.2. The summed E-state index contributed by atoms with van der Waals surface area (Å²) in [6.07, 6.45) is 9.69. The van der Waals surface area contributed by atoms with Crippen molar-refractivity contribution in [2.24, 2.45) is 17.8 Å². The minimum atomic E-state index is -0.0435. The van der Waals surface area contributed by atoms with Crippen LogP contribution in [0.25, 0.3) is 0 Å². The Morgan fingerprint density at radius 2 is 1.71 bits per heavy atom. The Morgan fingerprint density at radius 1 is 1.07 bits per heavy atom.